The van der Waals surface area contributed by atoms with Crippen LogP contribution in [0.2, 0.25) is 0 Å². The topological polar surface area (TPSA) is 72.0 Å². The Morgan fingerprint density at radius 1 is 0.949 bits per heavy atom. The number of aromatic nitrogens is 3. The summed E-state index contributed by atoms with van der Waals surface area (Å²) >= 11 is 0. The minimum Gasteiger partial charge on any atom is -0.492 e. The van der Waals surface area contributed by atoms with Gasteiger partial charge in [-0.2, -0.15) is 13.2 Å². The van der Waals surface area contributed by atoms with Gasteiger partial charge in [0.05, 0.1) is 16.8 Å². The molecular formula is C30H34F3N5O. The average Bonchev–Trinajstić information content (AvgIpc) is 2.90. The molecule has 0 spiro atoms. The largest absolute Gasteiger partial charge is 0.492 e. The lowest BCUT2D eigenvalue weighted by atomic mass is 9.86. The second-order valence-electron chi connectivity index (χ2n) is 10.5. The van der Waals surface area contributed by atoms with E-state index in [1.165, 1.54) is 18.6 Å². The lowest BCUT2D eigenvalue weighted by Crippen LogP contribution is -2.29. The van der Waals surface area contributed by atoms with Crippen molar-refractivity contribution in [3.05, 3.63) is 72.2 Å². The summed E-state index contributed by atoms with van der Waals surface area (Å²) in [7, 11) is 0. The maximum atomic E-state index is 13.5. The monoisotopic (exact) mass is 537 g/mol. The third kappa shape index (κ3) is 6.84. The Hall–Kier alpha value is -3.72. The lowest BCUT2D eigenvalue weighted by molar-refractivity contribution is -0.137. The van der Waals surface area contributed by atoms with Crippen molar-refractivity contribution in [2.45, 2.75) is 58.7 Å². The van der Waals surface area contributed by atoms with Crippen LogP contribution in [-0.4, -0.2) is 34.1 Å². The number of pyridine rings is 1. The van der Waals surface area contributed by atoms with E-state index in [1.807, 2.05) is 18.2 Å². The zero-order chi connectivity index (χ0) is 28.2. The van der Waals surface area contributed by atoms with E-state index >= 15 is 0 Å². The first-order chi connectivity index (χ1) is 18.5. The van der Waals surface area contributed by atoms with Crippen LogP contribution in [0.25, 0.3) is 22.2 Å². The van der Waals surface area contributed by atoms with E-state index in [9.17, 15) is 13.2 Å². The van der Waals surface area contributed by atoms with Crippen LogP contribution in [0.1, 0.15) is 52.2 Å². The summed E-state index contributed by atoms with van der Waals surface area (Å²) < 4.78 is 46.8. The van der Waals surface area contributed by atoms with Gasteiger partial charge in [-0.15, -0.1) is 0 Å². The molecule has 0 aliphatic heterocycles. The highest BCUT2D eigenvalue weighted by atomic mass is 19.4. The van der Waals surface area contributed by atoms with Gasteiger partial charge in [-0.25, -0.2) is 9.97 Å². The molecule has 0 aliphatic carbocycles. The molecule has 4 aromatic rings. The summed E-state index contributed by atoms with van der Waals surface area (Å²) in [5.41, 5.74) is 1.66. The Kier molecular flexibility index (Phi) is 8.39. The van der Waals surface area contributed by atoms with Gasteiger partial charge in [-0.05, 0) is 54.7 Å². The fourth-order valence-electron chi connectivity index (χ4n) is 4.25. The Morgan fingerprint density at radius 2 is 1.74 bits per heavy atom. The number of anilines is 2. The number of hydrogen-bond donors (Lipinski definition) is 2. The average molecular weight is 538 g/mol. The fourth-order valence-corrected chi connectivity index (χ4v) is 4.25. The van der Waals surface area contributed by atoms with Crippen LogP contribution in [0.15, 0.2) is 61.1 Å². The third-order valence-corrected chi connectivity index (χ3v) is 6.54. The highest BCUT2D eigenvalue weighted by Crippen LogP contribution is 2.38. The molecule has 1 atom stereocenters. The molecule has 0 fully saturated rings. The van der Waals surface area contributed by atoms with E-state index in [2.05, 4.69) is 60.2 Å². The van der Waals surface area contributed by atoms with E-state index in [0.717, 1.165) is 36.0 Å². The Bertz CT molecular complexity index is 1430. The maximum Gasteiger partial charge on any atom is 0.418 e. The van der Waals surface area contributed by atoms with E-state index < -0.39 is 11.7 Å². The number of nitrogens with one attached hydrogen (secondary N) is 2. The summed E-state index contributed by atoms with van der Waals surface area (Å²) in [5, 5.41) is 7.45. The zero-order valence-corrected chi connectivity index (χ0v) is 22.9. The summed E-state index contributed by atoms with van der Waals surface area (Å²) in [5.74, 6) is 1.32. The van der Waals surface area contributed by atoms with Crippen molar-refractivity contribution in [2.24, 2.45) is 0 Å². The van der Waals surface area contributed by atoms with Gasteiger partial charge in [0.15, 0.2) is 0 Å². The van der Waals surface area contributed by atoms with Gasteiger partial charge in [-0.3, -0.25) is 4.98 Å². The van der Waals surface area contributed by atoms with Crippen LogP contribution in [-0.2, 0) is 11.6 Å². The first kappa shape index (κ1) is 28.3. The molecule has 39 heavy (non-hydrogen) atoms. The smallest absolute Gasteiger partial charge is 0.418 e. The number of alkyl halides is 3. The molecule has 6 nitrogen and oxygen atoms in total. The number of nitrogens with zero attached hydrogens (tertiary/aromatic N) is 3. The highest BCUT2D eigenvalue weighted by molar-refractivity contribution is 5.93. The van der Waals surface area contributed by atoms with Crippen LogP contribution in [0, 0.1) is 0 Å². The van der Waals surface area contributed by atoms with Crippen molar-refractivity contribution in [1.82, 2.24) is 20.3 Å². The van der Waals surface area contributed by atoms with Crippen molar-refractivity contribution in [3.63, 3.8) is 0 Å². The molecule has 2 heterocycles. The molecule has 0 aliphatic rings. The van der Waals surface area contributed by atoms with Crippen molar-refractivity contribution in [3.8, 4) is 17.0 Å². The van der Waals surface area contributed by atoms with Gasteiger partial charge < -0.3 is 15.4 Å². The summed E-state index contributed by atoms with van der Waals surface area (Å²) in [6.45, 7) is 12.0. The normalized spacial score (nSPS) is 12.9. The molecule has 4 rings (SSSR count). The molecule has 0 amide bonds. The molecule has 0 saturated heterocycles. The molecule has 0 bridgehead atoms. The third-order valence-electron chi connectivity index (χ3n) is 6.54. The number of benzene rings is 2. The second kappa shape index (κ2) is 11.6. The van der Waals surface area contributed by atoms with Gasteiger partial charge in [0.2, 0.25) is 0 Å². The van der Waals surface area contributed by atoms with Crippen molar-refractivity contribution in [2.75, 3.05) is 18.5 Å². The number of hydrogen-bond acceptors (Lipinski definition) is 6. The molecule has 1 unspecified atom stereocenters. The second-order valence-corrected chi connectivity index (χ2v) is 10.5. The molecule has 2 aromatic carbocycles. The number of ether oxygens (including phenoxy) is 1. The minimum absolute atomic E-state index is 0.114. The predicted octanol–water partition coefficient (Wildman–Crippen LogP) is 7.52. The first-order valence-corrected chi connectivity index (χ1v) is 13.0. The van der Waals surface area contributed by atoms with E-state index in [0.29, 0.717) is 34.9 Å². The Balaban J connectivity index is 1.63. The quantitative estimate of drug-likeness (QED) is 0.215. The molecular weight excluding hydrogens is 503 g/mol. The van der Waals surface area contributed by atoms with Gasteiger partial charge in [0, 0.05) is 41.5 Å². The standard InChI is InChI=1S/C30H34F3N5O/c1-6-19(2)34-14-15-39-26-17-21(10-12-23(26)29(3,4)5)38-28-22-11-9-20(16-25(22)36-18-37-28)27-24(30(31,32)33)8-7-13-35-27/h7-13,16-19,34H,6,14-15H2,1-5H3,(H,36,37,38). The van der Waals surface area contributed by atoms with E-state index in [1.54, 1.807) is 18.2 Å². The van der Waals surface area contributed by atoms with Crippen LogP contribution < -0.4 is 15.4 Å². The van der Waals surface area contributed by atoms with Crippen molar-refractivity contribution < 1.29 is 17.9 Å². The van der Waals surface area contributed by atoms with E-state index in [-0.39, 0.29) is 11.1 Å². The molecule has 2 aromatic heterocycles. The molecule has 2 N–H and O–H groups in total. The first-order valence-electron chi connectivity index (χ1n) is 13.0. The van der Waals surface area contributed by atoms with Gasteiger partial charge in [0.25, 0.3) is 0 Å². The number of halogens is 3. The fraction of sp³-hybridized carbons (Fsp3) is 0.367. The van der Waals surface area contributed by atoms with Crippen LogP contribution >= 0.6 is 0 Å². The lowest BCUT2D eigenvalue weighted by Gasteiger charge is -2.24. The zero-order valence-electron chi connectivity index (χ0n) is 22.9. The van der Waals surface area contributed by atoms with Crippen molar-refractivity contribution in [1.29, 1.82) is 0 Å². The molecule has 9 heteroatoms. The van der Waals surface area contributed by atoms with Crippen LogP contribution in [0.4, 0.5) is 24.7 Å². The van der Waals surface area contributed by atoms with E-state index in [4.69, 9.17) is 4.74 Å². The van der Waals surface area contributed by atoms with Gasteiger partial charge in [0.1, 0.15) is 24.5 Å². The molecule has 206 valence electrons. The molecule has 0 saturated carbocycles. The van der Waals surface area contributed by atoms with Crippen molar-refractivity contribution >= 4 is 22.4 Å². The molecule has 0 radical (unpaired) electrons. The minimum atomic E-state index is -4.51. The summed E-state index contributed by atoms with van der Waals surface area (Å²) in [6, 6.07) is 13.6. The SMILES string of the molecule is CCC(C)NCCOc1cc(Nc2ncnc3cc(-c4ncccc4C(F)(F)F)ccc23)ccc1C(C)(C)C. The highest BCUT2D eigenvalue weighted by Gasteiger charge is 2.34. The van der Waals surface area contributed by atoms with Gasteiger partial charge >= 0.3 is 6.18 Å². The Morgan fingerprint density at radius 3 is 2.46 bits per heavy atom. The Labute approximate surface area is 227 Å². The predicted molar refractivity (Wildman–Crippen MR) is 149 cm³/mol. The van der Waals surface area contributed by atoms with Crippen LogP contribution in [0.5, 0.6) is 5.75 Å². The van der Waals surface area contributed by atoms with Crippen LogP contribution in [0.3, 0.4) is 0 Å². The number of fused-ring (bicyclic) bond motifs is 1. The summed E-state index contributed by atoms with van der Waals surface area (Å²) in [6.07, 6.45) is -0.727. The van der Waals surface area contributed by atoms with Gasteiger partial charge in [-0.1, -0.05) is 39.8 Å². The number of rotatable bonds is 9. The summed E-state index contributed by atoms with van der Waals surface area (Å²) in [4.78, 5) is 12.7. The maximum absolute atomic E-state index is 13.5.